The Bertz CT molecular complexity index is 489. The number of likely N-dealkylation sites (tertiary alicyclic amines) is 1. The van der Waals surface area contributed by atoms with E-state index in [2.05, 4.69) is 41.0 Å². The average molecular weight is 291 g/mol. The Balaban J connectivity index is 1.90. The molecule has 6 heteroatoms. The maximum atomic E-state index is 10.9. The summed E-state index contributed by atoms with van der Waals surface area (Å²) in [6, 6.07) is 2.41. The summed E-state index contributed by atoms with van der Waals surface area (Å²) < 4.78 is 0. The molecule has 0 aromatic carbocycles. The van der Waals surface area contributed by atoms with Crippen LogP contribution in [0.5, 0.6) is 0 Å². The standard InChI is InChI=1S/C15H25N5O/c1-15(2,3)12-8-14(18-10-17-12)19-11-4-6-20(7-5-11)9-13(16)21/h8,10-11H,4-7,9H2,1-3H3,(H2,16,21)(H,17,18,19). The molecule has 0 unspecified atom stereocenters. The van der Waals surface area contributed by atoms with Gasteiger partial charge in [-0.15, -0.1) is 0 Å². The zero-order valence-electron chi connectivity index (χ0n) is 13.1. The van der Waals surface area contributed by atoms with E-state index in [1.807, 2.05) is 6.07 Å². The van der Waals surface area contributed by atoms with E-state index in [1.165, 1.54) is 0 Å². The van der Waals surface area contributed by atoms with Gasteiger partial charge in [0.25, 0.3) is 0 Å². The van der Waals surface area contributed by atoms with E-state index < -0.39 is 0 Å². The van der Waals surface area contributed by atoms with Crippen molar-refractivity contribution in [2.75, 3.05) is 25.0 Å². The van der Waals surface area contributed by atoms with Crippen LogP contribution in [0.1, 0.15) is 39.3 Å². The van der Waals surface area contributed by atoms with Crippen LogP contribution in [0.4, 0.5) is 5.82 Å². The first-order valence-electron chi connectivity index (χ1n) is 7.44. The number of amides is 1. The molecule has 0 aliphatic carbocycles. The molecule has 0 radical (unpaired) electrons. The molecule has 21 heavy (non-hydrogen) atoms. The van der Waals surface area contributed by atoms with Crippen LogP contribution in [0.15, 0.2) is 12.4 Å². The number of anilines is 1. The first kappa shape index (κ1) is 15.7. The van der Waals surface area contributed by atoms with Crippen molar-refractivity contribution < 1.29 is 4.79 Å². The highest BCUT2D eigenvalue weighted by molar-refractivity contribution is 5.75. The molecule has 1 saturated heterocycles. The average Bonchev–Trinajstić information content (AvgIpc) is 2.40. The maximum absolute atomic E-state index is 10.9. The molecule has 1 fully saturated rings. The Morgan fingerprint density at radius 3 is 2.62 bits per heavy atom. The minimum Gasteiger partial charge on any atom is -0.369 e. The normalized spacial score (nSPS) is 17.7. The molecule has 1 aromatic rings. The summed E-state index contributed by atoms with van der Waals surface area (Å²) in [6.07, 6.45) is 3.59. The van der Waals surface area contributed by atoms with Gasteiger partial charge in [-0.2, -0.15) is 0 Å². The second-order valence-electron chi connectivity index (χ2n) is 6.70. The molecule has 1 aliphatic rings. The highest BCUT2D eigenvalue weighted by Gasteiger charge is 2.21. The fourth-order valence-electron chi connectivity index (χ4n) is 2.51. The third-order valence-corrected chi connectivity index (χ3v) is 3.75. The van der Waals surface area contributed by atoms with Crippen molar-refractivity contribution in [1.82, 2.24) is 14.9 Å². The smallest absolute Gasteiger partial charge is 0.231 e. The van der Waals surface area contributed by atoms with Gasteiger partial charge in [0.15, 0.2) is 0 Å². The SMILES string of the molecule is CC(C)(C)c1cc(NC2CCN(CC(N)=O)CC2)ncn1. The molecule has 6 nitrogen and oxygen atoms in total. The van der Waals surface area contributed by atoms with Crippen molar-refractivity contribution in [2.24, 2.45) is 5.73 Å². The number of nitrogens with one attached hydrogen (secondary N) is 1. The van der Waals surface area contributed by atoms with Gasteiger partial charge in [-0.05, 0) is 12.8 Å². The number of hydrogen-bond acceptors (Lipinski definition) is 5. The van der Waals surface area contributed by atoms with E-state index >= 15 is 0 Å². The van der Waals surface area contributed by atoms with Crippen LogP contribution in [0.25, 0.3) is 0 Å². The number of nitrogens with two attached hydrogens (primary N) is 1. The molecule has 1 aromatic heterocycles. The Morgan fingerprint density at radius 1 is 1.38 bits per heavy atom. The molecule has 0 saturated carbocycles. The lowest BCUT2D eigenvalue weighted by molar-refractivity contribution is -0.119. The Hall–Kier alpha value is -1.69. The van der Waals surface area contributed by atoms with Crippen molar-refractivity contribution in [1.29, 1.82) is 0 Å². The second kappa shape index (κ2) is 6.39. The van der Waals surface area contributed by atoms with E-state index in [1.54, 1.807) is 6.33 Å². The minimum absolute atomic E-state index is 0.0181. The van der Waals surface area contributed by atoms with E-state index in [0.29, 0.717) is 12.6 Å². The number of rotatable bonds is 4. The lowest BCUT2D eigenvalue weighted by Crippen LogP contribution is -2.43. The van der Waals surface area contributed by atoms with Crippen LogP contribution in [-0.4, -0.2) is 46.5 Å². The summed E-state index contributed by atoms with van der Waals surface area (Å²) in [5.74, 6) is 0.621. The first-order chi connectivity index (χ1) is 9.84. The van der Waals surface area contributed by atoms with Gasteiger partial charge in [0.2, 0.25) is 5.91 Å². The van der Waals surface area contributed by atoms with Gasteiger partial charge in [0, 0.05) is 30.6 Å². The number of nitrogens with zero attached hydrogens (tertiary/aromatic N) is 3. The van der Waals surface area contributed by atoms with Crippen LogP contribution in [0, 0.1) is 0 Å². The van der Waals surface area contributed by atoms with Crippen molar-refractivity contribution in [3.63, 3.8) is 0 Å². The number of hydrogen-bond donors (Lipinski definition) is 2. The number of piperidine rings is 1. The minimum atomic E-state index is -0.257. The van der Waals surface area contributed by atoms with E-state index in [4.69, 9.17) is 5.73 Å². The number of carbonyl (C=O) groups excluding carboxylic acids is 1. The molecule has 0 atom stereocenters. The molecule has 1 aliphatic heterocycles. The van der Waals surface area contributed by atoms with Crippen LogP contribution in [0.2, 0.25) is 0 Å². The summed E-state index contributed by atoms with van der Waals surface area (Å²) in [6.45, 7) is 8.55. The predicted molar refractivity (Wildman–Crippen MR) is 83.0 cm³/mol. The Labute approximate surface area is 126 Å². The van der Waals surface area contributed by atoms with Gasteiger partial charge >= 0.3 is 0 Å². The van der Waals surface area contributed by atoms with Crippen LogP contribution in [-0.2, 0) is 10.2 Å². The molecule has 1 amide bonds. The first-order valence-corrected chi connectivity index (χ1v) is 7.44. The molecule has 3 N–H and O–H groups in total. The highest BCUT2D eigenvalue weighted by atomic mass is 16.1. The van der Waals surface area contributed by atoms with Crippen molar-refractivity contribution in [3.05, 3.63) is 18.1 Å². The van der Waals surface area contributed by atoms with E-state index in [-0.39, 0.29) is 11.3 Å². The number of aromatic nitrogens is 2. The lowest BCUT2D eigenvalue weighted by atomic mass is 9.92. The fraction of sp³-hybridized carbons (Fsp3) is 0.667. The number of primary amides is 1. The van der Waals surface area contributed by atoms with Gasteiger partial charge in [-0.25, -0.2) is 9.97 Å². The Kier molecular flexibility index (Phi) is 4.77. The van der Waals surface area contributed by atoms with Crippen molar-refractivity contribution in [2.45, 2.75) is 45.1 Å². The summed E-state index contributed by atoms with van der Waals surface area (Å²) in [5, 5.41) is 3.47. The van der Waals surface area contributed by atoms with E-state index in [9.17, 15) is 4.79 Å². The zero-order valence-corrected chi connectivity index (χ0v) is 13.1. The summed E-state index contributed by atoms with van der Waals surface area (Å²) >= 11 is 0. The zero-order chi connectivity index (χ0) is 15.5. The number of carbonyl (C=O) groups is 1. The third-order valence-electron chi connectivity index (χ3n) is 3.75. The molecule has 2 rings (SSSR count). The van der Waals surface area contributed by atoms with Crippen LogP contribution >= 0.6 is 0 Å². The largest absolute Gasteiger partial charge is 0.369 e. The molecule has 116 valence electrons. The van der Waals surface area contributed by atoms with Gasteiger partial charge in [-0.3, -0.25) is 9.69 Å². The monoisotopic (exact) mass is 291 g/mol. The molecule has 0 bridgehead atoms. The molecule has 0 spiro atoms. The topological polar surface area (TPSA) is 84.1 Å². The molecule has 2 heterocycles. The predicted octanol–water partition coefficient (Wildman–Crippen LogP) is 1.14. The quantitative estimate of drug-likeness (QED) is 0.869. The van der Waals surface area contributed by atoms with E-state index in [0.717, 1.165) is 37.4 Å². The van der Waals surface area contributed by atoms with Crippen molar-refractivity contribution >= 4 is 11.7 Å². The molecular weight excluding hydrogens is 266 g/mol. The van der Waals surface area contributed by atoms with Gasteiger partial charge in [-0.1, -0.05) is 20.8 Å². The summed E-state index contributed by atoms with van der Waals surface area (Å²) in [7, 11) is 0. The fourth-order valence-corrected chi connectivity index (χ4v) is 2.51. The van der Waals surface area contributed by atoms with Gasteiger partial charge in [0.05, 0.1) is 12.2 Å². The van der Waals surface area contributed by atoms with Gasteiger partial charge < -0.3 is 11.1 Å². The van der Waals surface area contributed by atoms with Crippen molar-refractivity contribution in [3.8, 4) is 0 Å². The second-order valence-corrected chi connectivity index (χ2v) is 6.70. The van der Waals surface area contributed by atoms with Crippen LogP contribution in [0.3, 0.4) is 0 Å². The maximum Gasteiger partial charge on any atom is 0.231 e. The third kappa shape index (κ3) is 4.67. The molecular formula is C15H25N5O. The van der Waals surface area contributed by atoms with Crippen LogP contribution < -0.4 is 11.1 Å². The van der Waals surface area contributed by atoms with Gasteiger partial charge in [0.1, 0.15) is 12.1 Å². The summed E-state index contributed by atoms with van der Waals surface area (Å²) in [4.78, 5) is 21.7. The highest BCUT2D eigenvalue weighted by Crippen LogP contribution is 2.22. The Morgan fingerprint density at radius 2 is 2.05 bits per heavy atom. The summed E-state index contributed by atoms with van der Waals surface area (Å²) in [5.41, 5.74) is 6.28. The lowest BCUT2D eigenvalue weighted by Gasteiger charge is -2.31.